The summed E-state index contributed by atoms with van der Waals surface area (Å²) in [5, 5.41) is 5.59. The number of hydrogen-bond acceptors (Lipinski definition) is 3. The molecule has 2 aromatic carbocycles. The van der Waals surface area contributed by atoms with Crippen molar-refractivity contribution in [3.8, 4) is 5.75 Å². The molecule has 2 amide bonds. The van der Waals surface area contributed by atoms with Gasteiger partial charge in [-0.15, -0.1) is 0 Å². The lowest BCUT2D eigenvalue weighted by Gasteiger charge is -2.19. The normalized spacial score (nSPS) is 14.2. The molecule has 118 valence electrons. The van der Waals surface area contributed by atoms with Crippen LogP contribution in [0.2, 0.25) is 0 Å². The van der Waals surface area contributed by atoms with Crippen LogP contribution in [-0.4, -0.2) is 18.4 Å². The number of fused-ring (bicyclic) bond motifs is 1. The lowest BCUT2D eigenvalue weighted by Crippen LogP contribution is -2.25. The maximum atomic E-state index is 12.2. The fourth-order valence-corrected chi connectivity index (χ4v) is 2.55. The quantitative estimate of drug-likeness (QED) is 0.911. The Hall–Kier alpha value is -2.82. The van der Waals surface area contributed by atoms with Crippen LogP contribution in [-0.2, 0) is 9.59 Å². The molecular weight excluding hydrogens is 292 g/mol. The van der Waals surface area contributed by atoms with E-state index < -0.39 is 0 Å². The highest BCUT2D eigenvalue weighted by Crippen LogP contribution is 2.30. The smallest absolute Gasteiger partial charge is 0.262 e. The molecule has 1 heterocycles. The lowest BCUT2D eigenvalue weighted by atomic mass is 9.97. The minimum Gasteiger partial charge on any atom is -0.482 e. The number of carbonyl (C=O) groups is 2. The highest BCUT2D eigenvalue weighted by Gasteiger charge is 2.17. The van der Waals surface area contributed by atoms with E-state index in [2.05, 4.69) is 10.6 Å². The monoisotopic (exact) mass is 310 g/mol. The molecule has 1 unspecified atom stereocenters. The van der Waals surface area contributed by atoms with Gasteiger partial charge in [-0.05, 0) is 29.7 Å². The molecule has 1 atom stereocenters. The molecule has 0 saturated carbocycles. The molecular formula is C18H18N2O3. The van der Waals surface area contributed by atoms with E-state index in [4.69, 9.17) is 4.74 Å². The summed E-state index contributed by atoms with van der Waals surface area (Å²) in [5.74, 6) is 0.486. The number of hydrogen-bond donors (Lipinski definition) is 2. The maximum Gasteiger partial charge on any atom is 0.262 e. The topological polar surface area (TPSA) is 67.4 Å². The summed E-state index contributed by atoms with van der Waals surface area (Å²) < 4.78 is 5.29. The van der Waals surface area contributed by atoms with E-state index in [1.54, 1.807) is 18.2 Å². The van der Waals surface area contributed by atoms with Crippen LogP contribution < -0.4 is 15.4 Å². The Labute approximate surface area is 134 Å². The first kappa shape index (κ1) is 15.1. The van der Waals surface area contributed by atoms with Gasteiger partial charge in [-0.25, -0.2) is 0 Å². The van der Waals surface area contributed by atoms with Crippen molar-refractivity contribution in [2.24, 2.45) is 0 Å². The molecule has 1 aliphatic heterocycles. The molecule has 1 aliphatic rings. The Balaban J connectivity index is 1.64. The Bertz CT molecular complexity index is 728. The van der Waals surface area contributed by atoms with Crippen LogP contribution >= 0.6 is 0 Å². The number of ether oxygens (including phenoxy) is 1. The van der Waals surface area contributed by atoms with Crippen molar-refractivity contribution in [1.82, 2.24) is 0 Å². The van der Waals surface area contributed by atoms with Gasteiger partial charge >= 0.3 is 0 Å². The van der Waals surface area contributed by atoms with Gasteiger partial charge in [0.15, 0.2) is 6.61 Å². The summed E-state index contributed by atoms with van der Waals surface area (Å²) in [6.07, 6.45) is 0.393. The molecule has 0 aliphatic carbocycles. The van der Waals surface area contributed by atoms with Crippen LogP contribution in [0.15, 0.2) is 48.5 Å². The van der Waals surface area contributed by atoms with Crippen molar-refractivity contribution in [3.05, 3.63) is 54.1 Å². The average Bonchev–Trinajstić information content (AvgIpc) is 2.55. The van der Waals surface area contributed by atoms with Crippen LogP contribution in [0.3, 0.4) is 0 Å². The van der Waals surface area contributed by atoms with Crippen molar-refractivity contribution in [2.45, 2.75) is 19.3 Å². The third-order valence-corrected chi connectivity index (χ3v) is 3.76. The maximum absolute atomic E-state index is 12.2. The minimum atomic E-state index is -0.196. The van der Waals surface area contributed by atoms with E-state index >= 15 is 0 Å². The predicted octanol–water partition coefficient (Wildman–Crippen LogP) is 3.15. The van der Waals surface area contributed by atoms with Gasteiger partial charge in [-0.2, -0.15) is 0 Å². The largest absolute Gasteiger partial charge is 0.482 e. The highest BCUT2D eigenvalue weighted by molar-refractivity contribution is 5.97. The number of rotatable bonds is 4. The Morgan fingerprint density at radius 2 is 2.04 bits per heavy atom. The van der Waals surface area contributed by atoms with Crippen molar-refractivity contribution < 1.29 is 14.3 Å². The first-order valence-electron chi connectivity index (χ1n) is 7.53. The molecule has 5 heteroatoms. The SMILES string of the molecule is CC(CC(=O)Nc1ccc2c(c1)NC(=O)CO2)c1ccccc1. The molecule has 5 nitrogen and oxygen atoms in total. The molecule has 23 heavy (non-hydrogen) atoms. The first-order valence-corrected chi connectivity index (χ1v) is 7.53. The van der Waals surface area contributed by atoms with Gasteiger partial charge in [-0.3, -0.25) is 9.59 Å². The fourth-order valence-electron chi connectivity index (χ4n) is 2.55. The van der Waals surface area contributed by atoms with E-state index in [9.17, 15) is 9.59 Å². The van der Waals surface area contributed by atoms with Crippen LogP contribution in [0.5, 0.6) is 5.75 Å². The van der Waals surface area contributed by atoms with Gasteiger partial charge in [0.05, 0.1) is 5.69 Å². The van der Waals surface area contributed by atoms with Crippen LogP contribution in [0.4, 0.5) is 11.4 Å². The van der Waals surface area contributed by atoms with Gasteiger partial charge in [0.2, 0.25) is 5.91 Å². The molecule has 2 aromatic rings. The molecule has 0 fully saturated rings. The van der Waals surface area contributed by atoms with E-state index in [0.29, 0.717) is 23.5 Å². The van der Waals surface area contributed by atoms with Crippen molar-refractivity contribution in [3.63, 3.8) is 0 Å². The van der Waals surface area contributed by atoms with Gasteiger partial charge < -0.3 is 15.4 Å². The number of amides is 2. The van der Waals surface area contributed by atoms with Gasteiger partial charge in [0.25, 0.3) is 5.91 Å². The third-order valence-electron chi connectivity index (χ3n) is 3.76. The molecule has 0 radical (unpaired) electrons. The Kier molecular flexibility index (Phi) is 4.28. The molecule has 0 aromatic heterocycles. The summed E-state index contributed by atoms with van der Waals surface area (Å²) in [7, 11) is 0. The number of benzene rings is 2. The van der Waals surface area contributed by atoms with Crippen LogP contribution in [0.25, 0.3) is 0 Å². The Morgan fingerprint density at radius 1 is 1.26 bits per heavy atom. The number of carbonyl (C=O) groups excluding carboxylic acids is 2. The summed E-state index contributed by atoms with van der Waals surface area (Å²) in [6, 6.07) is 15.1. The molecule has 3 rings (SSSR count). The standard InChI is InChI=1S/C18H18N2O3/c1-12(13-5-3-2-4-6-13)9-17(21)19-14-7-8-16-15(10-14)20-18(22)11-23-16/h2-8,10,12H,9,11H2,1H3,(H,19,21)(H,20,22). The van der Waals surface area contributed by atoms with Crippen LogP contribution in [0.1, 0.15) is 24.8 Å². The van der Waals surface area contributed by atoms with E-state index in [1.165, 1.54) is 0 Å². The summed E-state index contributed by atoms with van der Waals surface area (Å²) in [6.45, 7) is 2.04. The highest BCUT2D eigenvalue weighted by atomic mass is 16.5. The lowest BCUT2D eigenvalue weighted by molar-refractivity contribution is -0.118. The number of anilines is 2. The zero-order chi connectivity index (χ0) is 16.2. The summed E-state index contributed by atoms with van der Waals surface area (Å²) in [5.41, 5.74) is 2.35. The van der Waals surface area contributed by atoms with Gasteiger partial charge in [0.1, 0.15) is 5.75 Å². The van der Waals surface area contributed by atoms with E-state index in [0.717, 1.165) is 5.56 Å². The second-order valence-electron chi connectivity index (χ2n) is 5.61. The minimum absolute atomic E-state index is 0.0211. The number of nitrogens with one attached hydrogen (secondary N) is 2. The van der Waals surface area contributed by atoms with Crippen molar-refractivity contribution in [1.29, 1.82) is 0 Å². The molecule has 0 saturated heterocycles. The fraction of sp³-hybridized carbons (Fsp3) is 0.222. The third kappa shape index (κ3) is 3.69. The second-order valence-corrected chi connectivity index (χ2v) is 5.61. The summed E-state index contributed by atoms with van der Waals surface area (Å²) >= 11 is 0. The molecule has 2 N–H and O–H groups in total. The van der Waals surface area contributed by atoms with Gasteiger partial charge in [-0.1, -0.05) is 37.3 Å². The summed E-state index contributed by atoms with van der Waals surface area (Å²) in [4.78, 5) is 23.5. The van der Waals surface area contributed by atoms with Crippen LogP contribution in [0, 0.1) is 0 Å². The van der Waals surface area contributed by atoms with Gasteiger partial charge in [0, 0.05) is 12.1 Å². The molecule has 0 bridgehead atoms. The first-order chi connectivity index (χ1) is 11.1. The van der Waals surface area contributed by atoms with E-state index in [-0.39, 0.29) is 24.3 Å². The average molecular weight is 310 g/mol. The van der Waals surface area contributed by atoms with Crippen molar-refractivity contribution in [2.75, 3.05) is 17.2 Å². The van der Waals surface area contributed by atoms with Crippen molar-refractivity contribution >= 4 is 23.2 Å². The zero-order valence-corrected chi connectivity index (χ0v) is 12.8. The van der Waals surface area contributed by atoms with E-state index in [1.807, 2.05) is 37.3 Å². The second kappa shape index (κ2) is 6.52. The molecule has 0 spiro atoms. The predicted molar refractivity (Wildman–Crippen MR) is 88.7 cm³/mol. The Morgan fingerprint density at radius 3 is 2.83 bits per heavy atom. The zero-order valence-electron chi connectivity index (χ0n) is 12.8.